The van der Waals surface area contributed by atoms with E-state index in [0.717, 1.165) is 19.6 Å². The highest BCUT2D eigenvalue weighted by molar-refractivity contribution is 5.73. The fourth-order valence-electron chi connectivity index (χ4n) is 2.83. The molecule has 0 spiro atoms. The van der Waals surface area contributed by atoms with Gasteiger partial charge in [-0.2, -0.15) is 0 Å². The van der Waals surface area contributed by atoms with Gasteiger partial charge < -0.3 is 9.47 Å². The smallest absolute Gasteiger partial charge is 0.310 e. The summed E-state index contributed by atoms with van der Waals surface area (Å²) in [5, 5.41) is 0. The molecule has 0 N–H and O–H groups in total. The van der Waals surface area contributed by atoms with E-state index in [-0.39, 0.29) is 17.8 Å². The molecule has 0 bridgehead atoms. The molecule has 0 amide bonds. The SMILES string of the molecule is CCOC(=O)C1CN(Cc2ccccc2)CC1COC. The Morgan fingerprint density at radius 2 is 2.05 bits per heavy atom. The maximum absolute atomic E-state index is 12.0. The quantitative estimate of drug-likeness (QED) is 0.745. The fourth-order valence-corrected chi connectivity index (χ4v) is 2.83. The van der Waals surface area contributed by atoms with Crippen LogP contribution in [0.15, 0.2) is 30.3 Å². The van der Waals surface area contributed by atoms with Gasteiger partial charge in [0.15, 0.2) is 0 Å². The molecular weight excluding hydrogens is 254 g/mol. The molecule has 4 heteroatoms. The predicted molar refractivity (Wildman–Crippen MR) is 77.2 cm³/mol. The maximum atomic E-state index is 12.0. The van der Waals surface area contributed by atoms with Gasteiger partial charge in [-0.05, 0) is 12.5 Å². The molecular formula is C16H23NO3. The van der Waals surface area contributed by atoms with E-state index in [1.807, 2.05) is 25.1 Å². The Labute approximate surface area is 120 Å². The van der Waals surface area contributed by atoms with Gasteiger partial charge in [0.05, 0.1) is 19.1 Å². The molecule has 2 atom stereocenters. The number of nitrogens with zero attached hydrogens (tertiary/aromatic N) is 1. The van der Waals surface area contributed by atoms with Crippen molar-refractivity contribution >= 4 is 5.97 Å². The van der Waals surface area contributed by atoms with E-state index >= 15 is 0 Å². The molecule has 1 aliphatic heterocycles. The van der Waals surface area contributed by atoms with Crippen LogP contribution < -0.4 is 0 Å². The first kappa shape index (κ1) is 15.0. The van der Waals surface area contributed by atoms with Gasteiger partial charge in [0.25, 0.3) is 0 Å². The number of rotatable bonds is 6. The Balaban J connectivity index is 1.98. The Kier molecular flexibility index (Phi) is 5.56. The molecule has 0 saturated carbocycles. The Morgan fingerprint density at radius 1 is 1.30 bits per heavy atom. The average Bonchev–Trinajstić information content (AvgIpc) is 2.83. The van der Waals surface area contributed by atoms with Crippen molar-refractivity contribution in [2.45, 2.75) is 13.5 Å². The predicted octanol–water partition coefficient (Wildman–Crippen LogP) is 1.94. The Bertz CT molecular complexity index is 421. The molecule has 2 rings (SSSR count). The van der Waals surface area contributed by atoms with Crippen molar-refractivity contribution in [2.75, 3.05) is 33.4 Å². The third-order valence-corrected chi connectivity index (χ3v) is 3.74. The monoisotopic (exact) mass is 277 g/mol. The number of carbonyl (C=O) groups is 1. The van der Waals surface area contributed by atoms with Gasteiger partial charge in [-0.1, -0.05) is 30.3 Å². The van der Waals surface area contributed by atoms with Gasteiger partial charge in [-0.3, -0.25) is 9.69 Å². The topological polar surface area (TPSA) is 38.8 Å². The molecule has 0 aromatic heterocycles. The molecule has 1 fully saturated rings. The molecule has 110 valence electrons. The third kappa shape index (κ3) is 3.81. The van der Waals surface area contributed by atoms with E-state index < -0.39 is 0 Å². The summed E-state index contributed by atoms with van der Waals surface area (Å²) in [5.74, 6) is 0.0616. The molecule has 1 aliphatic rings. The van der Waals surface area contributed by atoms with E-state index in [4.69, 9.17) is 9.47 Å². The van der Waals surface area contributed by atoms with Crippen molar-refractivity contribution in [1.29, 1.82) is 0 Å². The number of hydrogen-bond acceptors (Lipinski definition) is 4. The fraction of sp³-hybridized carbons (Fsp3) is 0.562. The lowest BCUT2D eigenvalue weighted by molar-refractivity contribution is -0.149. The lowest BCUT2D eigenvalue weighted by Crippen LogP contribution is -2.27. The highest BCUT2D eigenvalue weighted by atomic mass is 16.5. The zero-order chi connectivity index (χ0) is 14.4. The molecule has 20 heavy (non-hydrogen) atoms. The second-order valence-corrected chi connectivity index (χ2v) is 5.25. The van der Waals surface area contributed by atoms with Crippen LogP contribution in [0, 0.1) is 11.8 Å². The number of ether oxygens (including phenoxy) is 2. The number of benzene rings is 1. The first-order chi connectivity index (χ1) is 9.74. The minimum Gasteiger partial charge on any atom is -0.466 e. The first-order valence-electron chi connectivity index (χ1n) is 7.16. The molecule has 1 aromatic rings. The van der Waals surface area contributed by atoms with Gasteiger partial charge >= 0.3 is 5.97 Å². The number of carbonyl (C=O) groups excluding carboxylic acids is 1. The summed E-state index contributed by atoms with van der Waals surface area (Å²) in [5.41, 5.74) is 1.27. The second kappa shape index (κ2) is 7.41. The molecule has 0 radical (unpaired) electrons. The van der Waals surface area contributed by atoms with Crippen molar-refractivity contribution in [3.05, 3.63) is 35.9 Å². The highest BCUT2D eigenvalue weighted by Gasteiger charge is 2.38. The van der Waals surface area contributed by atoms with E-state index in [1.54, 1.807) is 7.11 Å². The zero-order valence-corrected chi connectivity index (χ0v) is 12.2. The standard InChI is InChI=1S/C16H23NO3/c1-3-20-16(18)15-11-17(10-14(15)12-19-2)9-13-7-5-4-6-8-13/h4-8,14-15H,3,9-12H2,1-2H3. The summed E-state index contributed by atoms with van der Waals surface area (Å²) in [7, 11) is 1.68. The van der Waals surface area contributed by atoms with Gasteiger partial charge in [0.1, 0.15) is 0 Å². The van der Waals surface area contributed by atoms with Crippen LogP contribution in [-0.4, -0.2) is 44.3 Å². The average molecular weight is 277 g/mol. The van der Waals surface area contributed by atoms with E-state index in [1.165, 1.54) is 5.56 Å². The zero-order valence-electron chi connectivity index (χ0n) is 12.2. The van der Waals surface area contributed by atoms with E-state index in [9.17, 15) is 4.79 Å². The van der Waals surface area contributed by atoms with Gasteiger partial charge in [0, 0.05) is 32.7 Å². The van der Waals surface area contributed by atoms with Crippen molar-refractivity contribution in [3.63, 3.8) is 0 Å². The molecule has 1 saturated heterocycles. The summed E-state index contributed by atoms with van der Waals surface area (Å²) >= 11 is 0. The van der Waals surface area contributed by atoms with Crippen LogP contribution in [0.4, 0.5) is 0 Å². The van der Waals surface area contributed by atoms with Crippen LogP contribution in [0.3, 0.4) is 0 Å². The Hall–Kier alpha value is -1.39. The highest BCUT2D eigenvalue weighted by Crippen LogP contribution is 2.26. The summed E-state index contributed by atoms with van der Waals surface area (Å²) in [6.45, 7) is 5.40. The third-order valence-electron chi connectivity index (χ3n) is 3.74. The van der Waals surface area contributed by atoms with Crippen LogP contribution in [0.5, 0.6) is 0 Å². The lowest BCUT2D eigenvalue weighted by Gasteiger charge is -2.15. The lowest BCUT2D eigenvalue weighted by atomic mass is 9.97. The van der Waals surface area contributed by atoms with Gasteiger partial charge in [-0.25, -0.2) is 0 Å². The van der Waals surface area contributed by atoms with Crippen molar-refractivity contribution < 1.29 is 14.3 Å². The van der Waals surface area contributed by atoms with E-state index in [0.29, 0.717) is 13.2 Å². The second-order valence-electron chi connectivity index (χ2n) is 5.25. The summed E-state index contributed by atoms with van der Waals surface area (Å²) in [4.78, 5) is 14.3. The van der Waals surface area contributed by atoms with Gasteiger partial charge in [0.2, 0.25) is 0 Å². The van der Waals surface area contributed by atoms with Crippen LogP contribution in [-0.2, 0) is 20.8 Å². The Morgan fingerprint density at radius 3 is 2.70 bits per heavy atom. The maximum Gasteiger partial charge on any atom is 0.310 e. The van der Waals surface area contributed by atoms with E-state index in [2.05, 4.69) is 17.0 Å². The number of hydrogen-bond donors (Lipinski definition) is 0. The minimum absolute atomic E-state index is 0.0707. The van der Waals surface area contributed by atoms with Crippen LogP contribution in [0.1, 0.15) is 12.5 Å². The summed E-state index contributed by atoms with van der Waals surface area (Å²) in [6, 6.07) is 10.3. The van der Waals surface area contributed by atoms with Crippen molar-refractivity contribution in [3.8, 4) is 0 Å². The largest absolute Gasteiger partial charge is 0.466 e. The van der Waals surface area contributed by atoms with Crippen LogP contribution >= 0.6 is 0 Å². The molecule has 1 heterocycles. The van der Waals surface area contributed by atoms with Gasteiger partial charge in [-0.15, -0.1) is 0 Å². The van der Waals surface area contributed by atoms with Crippen molar-refractivity contribution in [1.82, 2.24) is 4.90 Å². The normalized spacial score (nSPS) is 22.9. The first-order valence-corrected chi connectivity index (χ1v) is 7.16. The minimum atomic E-state index is -0.0925. The van der Waals surface area contributed by atoms with Crippen molar-refractivity contribution in [2.24, 2.45) is 11.8 Å². The number of likely N-dealkylation sites (tertiary alicyclic amines) is 1. The molecule has 0 aliphatic carbocycles. The van der Waals surface area contributed by atoms with Crippen LogP contribution in [0.25, 0.3) is 0 Å². The molecule has 4 nitrogen and oxygen atoms in total. The molecule has 2 unspecified atom stereocenters. The summed E-state index contributed by atoms with van der Waals surface area (Å²) < 4.78 is 10.4. The number of esters is 1. The molecule has 1 aromatic carbocycles. The number of methoxy groups -OCH3 is 1. The summed E-state index contributed by atoms with van der Waals surface area (Å²) in [6.07, 6.45) is 0. The van der Waals surface area contributed by atoms with Crippen LogP contribution in [0.2, 0.25) is 0 Å².